The van der Waals surface area contributed by atoms with Crippen LogP contribution in [-0.4, -0.2) is 9.78 Å². The third-order valence-corrected chi connectivity index (χ3v) is 3.33. The van der Waals surface area contributed by atoms with Gasteiger partial charge in [-0.2, -0.15) is 5.10 Å². The molecule has 0 aliphatic carbocycles. The maximum Gasteiger partial charge on any atom is 0.123 e. The molecule has 0 amide bonds. The Kier molecular flexibility index (Phi) is 4.00. The fraction of sp³-hybridized carbons (Fsp3) is 0.400. The first-order valence-corrected chi connectivity index (χ1v) is 6.62. The SMILES string of the molecule is CCCn1ncc(-c2cc(F)ccc2C(C)N)c1C. The molecular weight excluding hydrogens is 241 g/mol. The standard InChI is InChI=1S/C15H20FN3/c1-4-7-19-11(3)15(9-18-19)14-8-12(16)5-6-13(14)10(2)17/h5-6,8-10H,4,7,17H2,1-3H3. The summed E-state index contributed by atoms with van der Waals surface area (Å²) in [4.78, 5) is 0. The minimum atomic E-state index is -0.248. The molecule has 2 N–H and O–H groups in total. The number of nitrogens with zero attached hydrogens (tertiary/aromatic N) is 2. The molecule has 0 aliphatic rings. The summed E-state index contributed by atoms with van der Waals surface area (Å²) >= 11 is 0. The molecule has 3 nitrogen and oxygen atoms in total. The molecule has 0 aliphatic heterocycles. The van der Waals surface area contributed by atoms with E-state index in [1.807, 2.05) is 18.5 Å². The maximum atomic E-state index is 13.5. The van der Waals surface area contributed by atoms with Crippen LogP contribution in [0.1, 0.15) is 37.6 Å². The average molecular weight is 261 g/mol. The molecule has 1 aromatic carbocycles. The van der Waals surface area contributed by atoms with Gasteiger partial charge in [0.25, 0.3) is 0 Å². The van der Waals surface area contributed by atoms with E-state index < -0.39 is 0 Å². The van der Waals surface area contributed by atoms with Gasteiger partial charge < -0.3 is 5.73 Å². The van der Waals surface area contributed by atoms with Crippen molar-refractivity contribution in [3.8, 4) is 11.1 Å². The fourth-order valence-electron chi connectivity index (χ4n) is 2.31. The number of rotatable bonds is 4. The Morgan fingerprint density at radius 3 is 2.74 bits per heavy atom. The molecule has 19 heavy (non-hydrogen) atoms. The van der Waals surface area contributed by atoms with E-state index in [2.05, 4.69) is 12.0 Å². The summed E-state index contributed by atoms with van der Waals surface area (Å²) in [5.41, 5.74) is 9.76. The molecule has 0 spiro atoms. The van der Waals surface area contributed by atoms with Gasteiger partial charge in [-0.1, -0.05) is 13.0 Å². The van der Waals surface area contributed by atoms with Crippen molar-refractivity contribution in [1.82, 2.24) is 9.78 Å². The van der Waals surface area contributed by atoms with Gasteiger partial charge in [0.2, 0.25) is 0 Å². The molecule has 4 heteroatoms. The highest BCUT2D eigenvalue weighted by molar-refractivity contribution is 5.69. The summed E-state index contributed by atoms with van der Waals surface area (Å²) in [5, 5.41) is 4.37. The lowest BCUT2D eigenvalue weighted by molar-refractivity contribution is 0.587. The summed E-state index contributed by atoms with van der Waals surface area (Å²) in [6.07, 6.45) is 2.82. The van der Waals surface area contributed by atoms with Crippen LogP contribution in [0, 0.1) is 12.7 Å². The molecular formula is C15H20FN3. The zero-order valence-corrected chi connectivity index (χ0v) is 11.7. The van der Waals surface area contributed by atoms with E-state index >= 15 is 0 Å². The van der Waals surface area contributed by atoms with Crippen LogP contribution < -0.4 is 5.73 Å². The summed E-state index contributed by atoms with van der Waals surface area (Å²) in [6.45, 7) is 6.89. The van der Waals surface area contributed by atoms with E-state index in [0.29, 0.717) is 0 Å². The predicted octanol–water partition coefficient (Wildman–Crippen LogP) is 3.43. The molecule has 2 aromatic rings. The Bertz CT molecular complexity index is 573. The highest BCUT2D eigenvalue weighted by Crippen LogP contribution is 2.30. The Balaban J connectivity index is 2.55. The van der Waals surface area contributed by atoms with Crippen LogP contribution in [0.15, 0.2) is 24.4 Å². The van der Waals surface area contributed by atoms with E-state index in [1.165, 1.54) is 6.07 Å². The van der Waals surface area contributed by atoms with E-state index in [-0.39, 0.29) is 11.9 Å². The van der Waals surface area contributed by atoms with E-state index in [9.17, 15) is 4.39 Å². The van der Waals surface area contributed by atoms with Gasteiger partial charge in [-0.25, -0.2) is 4.39 Å². The Labute approximate surface area is 113 Å². The lowest BCUT2D eigenvalue weighted by atomic mass is 9.96. The summed E-state index contributed by atoms with van der Waals surface area (Å²) < 4.78 is 15.5. The number of nitrogens with two attached hydrogens (primary N) is 1. The second kappa shape index (κ2) is 5.53. The van der Waals surface area contributed by atoms with Crippen LogP contribution in [0.3, 0.4) is 0 Å². The first-order chi connectivity index (χ1) is 9.04. The minimum Gasteiger partial charge on any atom is -0.324 e. The topological polar surface area (TPSA) is 43.8 Å². The van der Waals surface area contributed by atoms with Crippen LogP contribution in [0.25, 0.3) is 11.1 Å². The quantitative estimate of drug-likeness (QED) is 0.916. The van der Waals surface area contributed by atoms with Crippen LogP contribution in [-0.2, 0) is 6.54 Å². The highest BCUT2D eigenvalue weighted by atomic mass is 19.1. The van der Waals surface area contributed by atoms with Crippen molar-refractivity contribution in [3.63, 3.8) is 0 Å². The molecule has 0 saturated heterocycles. The lowest BCUT2D eigenvalue weighted by Gasteiger charge is -2.13. The smallest absolute Gasteiger partial charge is 0.123 e. The summed E-state index contributed by atoms with van der Waals surface area (Å²) in [7, 11) is 0. The Morgan fingerprint density at radius 2 is 2.11 bits per heavy atom. The van der Waals surface area contributed by atoms with Crippen molar-refractivity contribution < 1.29 is 4.39 Å². The number of halogens is 1. The predicted molar refractivity (Wildman–Crippen MR) is 75.3 cm³/mol. The van der Waals surface area contributed by atoms with E-state index in [0.717, 1.165) is 35.3 Å². The molecule has 0 bridgehead atoms. The van der Waals surface area contributed by atoms with Crippen molar-refractivity contribution in [2.24, 2.45) is 5.73 Å². The second-order valence-corrected chi connectivity index (χ2v) is 4.89. The first-order valence-electron chi connectivity index (χ1n) is 6.62. The molecule has 1 atom stereocenters. The normalized spacial score (nSPS) is 12.7. The van der Waals surface area contributed by atoms with Gasteiger partial charge in [0, 0.05) is 23.8 Å². The first kappa shape index (κ1) is 13.7. The average Bonchev–Trinajstić information content (AvgIpc) is 2.71. The molecule has 102 valence electrons. The lowest BCUT2D eigenvalue weighted by Crippen LogP contribution is -2.07. The van der Waals surface area contributed by atoms with Crippen molar-refractivity contribution in [2.45, 2.75) is 39.8 Å². The van der Waals surface area contributed by atoms with Crippen molar-refractivity contribution in [1.29, 1.82) is 0 Å². The van der Waals surface area contributed by atoms with Crippen molar-refractivity contribution in [3.05, 3.63) is 41.5 Å². The van der Waals surface area contributed by atoms with Gasteiger partial charge in [-0.15, -0.1) is 0 Å². The second-order valence-electron chi connectivity index (χ2n) is 4.89. The van der Waals surface area contributed by atoms with Crippen molar-refractivity contribution in [2.75, 3.05) is 0 Å². The molecule has 0 fully saturated rings. The third-order valence-electron chi connectivity index (χ3n) is 3.33. The maximum absolute atomic E-state index is 13.5. The zero-order chi connectivity index (χ0) is 14.0. The molecule has 1 aromatic heterocycles. The van der Waals surface area contributed by atoms with E-state index in [4.69, 9.17) is 5.73 Å². The molecule has 0 saturated carbocycles. The number of benzene rings is 1. The monoisotopic (exact) mass is 261 g/mol. The fourth-order valence-corrected chi connectivity index (χ4v) is 2.31. The van der Waals surface area contributed by atoms with Crippen LogP contribution >= 0.6 is 0 Å². The highest BCUT2D eigenvalue weighted by Gasteiger charge is 2.15. The van der Waals surface area contributed by atoms with Crippen LogP contribution in [0.4, 0.5) is 4.39 Å². The molecule has 1 heterocycles. The zero-order valence-electron chi connectivity index (χ0n) is 11.7. The largest absolute Gasteiger partial charge is 0.324 e. The number of hydrogen-bond acceptors (Lipinski definition) is 2. The van der Waals surface area contributed by atoms with Gasteiger partial charge in [-0.3, -0.25) is 4.68 Å². The Hall–Kier alpha value is -1.68. The summed E-state index contributed by atoms with van der Waals surface area (Å²) in [5.74, 6) is -0.248. The molecule has 2 rings (SSSR count). The summed E-state index contributed by atoms with van der Waals surface area (Å²) in [6, 6.07) is 4.61. The van der Waals surface area contributed by atoms with Gasteiger partial charge in [0.15, 0.2) is 0 Å². The van der Waals surface area contributed by atoms with Crippen LogP contribution in [0.5, 0.6) is 0 Å². The molecule has 0 radical (unpaired) electrons. The van der Waals surface area contributed by atoms with Gasteiger partial charge in [0.1, 0.15) is 5.82 Å². The number of aromatic nitrogens is 2. The Morgan fingerprint density at radius 1 is 1.37 bits per heavy atom. The van der Waals surface area contributed by atoms with Gasteiger partial charge in [-0.05, 0) is 43.5 Å². The van der Waals surface area contributed by atoms with Crippen molar-refractivity contribution >= 4 is 0 Å². The number of hydrogen-bond donors (Lipinski definition) is 1. The minimum absolute atomic E-state index is 0.135. The van der Waals surface area contributed by atoms with Crippen LogP contribution in [0.2, 0.25) is 0 Å². The van der Waals surface area contributed by atoms with E-state index in [1.54, 1.807) is 18.3 Å². The third kappa shape index (κ3) is 2.68. The van der Waals surface area contributed by atoms with Gasteiger partial charge in [0.05, 0.1) is 6.20 Å². The van der Waals surface area contributed by atoms with Gasteiger partial charge >= 0.3 is 0 Å². The molecule has 1 unspecified atom stereocenters. The number of aryl methyl sites for hydroxylation is 1.